The van der Waals surface area contributed by atoms with Crippen LogP contribution in [0.3, 0.4) is 0 Å². The Hall–Kier alpha value is -5.34. The number of amides is 1. The SMILES string of the molecule is Cc1ccc(-n2[nH]c(C(=O)O)c(/C=C/C=C/C=C3\C(=O)N(c4ccc(S(=O)(=O)O)cc4)N=C3C(=O)O)c2=O)cc1. The van der Waals surface area contributed by atoms with E-state index in [9.17, 15) is 37.8 Å². The molecule has 40 heavy (non-hydrogen) atoms. The Kier molecular flexibility index (Phi) is 7.48. The number of hydrogen-bond acceptors (Lipinski definition) is 7. The summed E-state index contributed by atoms with van der Waals surface area (Å²) in [5, 5.41) is 26.1. The van der Waals surface area contributed by atoms with E-state index >= 15 is 0 Å². The van der Waals surface area contributed by atoms with Crippen LogP contribution in [0.15, 0.2) is 93.2 Å². The number of aromatic nitrogens is 2. The van der Waals surface area contributed by atoms with Crippen LogP contribution in [-0.2, 0) is 19.7 Å². The van der Waals surface area contributed by atoms with Crippen molar-refractivity contribution in [1.82, 2.24) is 9.78 Å². The van der Waals surface area contributed by atoms with Crippen molar-refractivity contribution in [2.24, 2.45) is 5.10 Å². The summed E-state index contributed by atoms with van der Waals surface area (Å²) in [6.45, 7) is 1.87. The van der Waals surface area contributed by atoms with Crippen LogP contribution in [0.1, 0.15) is 21.6 Å². The molecule has 0 atom stereocenters. The van der Waals surface area contributed by atoms with Crippen molar-refractivity contribution < 1.29 is 37.6 Å². The Morgan fingerprint density at radius 2 is 1.52 bits per heavy atom. The molecule has 0 bridgehead atoms. The number of aromatic carboxylic acids is 1. The highest BCUT2D eigenvalue weighted by molar-refractivity contribution is 7.85. The van der Waals surface area contributed by atoms with Crippen LogP contribution in [0.25, 0.3) is 11.8 Å². The van der Waals surface area contributed by atoms with Crippen molar-refractivity contribution in [2.75, 3.05) is 5.01 Å². The summed E-state index contributed by atoms with van der Waals surface area (Å²) < 4.78 is 32.7. The van der Waals surface area contributed by atoms with Gasteiger partial charge in [-0.25, -0.2) is 14.3 Å². The predicted octanol–water partition coefficient (Wildman–Crippen LogP) is 2.40. The standard InChI is InChI=1S/C26H20N4O9S/c1-15-7-9-16(10-8-15)29-23(31)19(21(27-29)25(33)34)5-3-2-4-6-20-22(26(35)36)28-30(24(20)32)17-11-13-18(14-12-17)40(37,38)39/h2-14,27H,1H3,(H,33,34)(H,35,36)(H,37,38,39)/b4-2+,5-3+,20-6-. The minimum atomic E-state index is -4.47. The van der Waals surface area contributed by atoms with E-state index in [0.717, 1.165) is 27.4 Å². The van der Waals surface area contributed by atoms with Gasteiger partial charge in [-0.1, -0.05) is 35.9 Å². The van der Waals surface area contributed by atoms with Gasteiger partial charge in [-0.05, 0) is 55.5 Å². The number of rotatable bonds is 8. The van der Waals surface area contributed by atoms with Gasteiger partial charge < -0.3 is 10.2 Å². The van der Waals surface area contributed by atoms with Crippen LogP contribution in [-0.4, -0.2) is 56.5 Å². The van der Waals surface area contributed by atoms with Gasteiger partial charge in [-0.2, -0.15) is 18.5 Å². The number of nitrogens with zero attached hydrogens (tertiary/aromatic N) is 3. The lowest BCUT2D eigenvalue weighted by molar-refractivity contribution is -0.129. The summed E-state index contributed by atoms with van der Waals surface area (Å²) in [7, 11) is -4.47. The first-order chi connectivity index (χ1) is 18.9. The van der Waals surface area contributed by atoms with Crippen LogP contribution >= 0.6 is 0 Å². The zero-order valence-corrected chi connectivity index (χ0v) is 21.4. The first-order valence-corrected chi connectivity index (χ1v) is 12.8. The van der Waals surface area contributed by atoms with Gasteiger partial charge >= 0.3 is 11.9 Å². The fraction of sp³-hybridized carbons (Fsp3) is 0.0385. The fourth-order valence-corrected chi connectivity index (χ4v) is 4.15. The van der Waals surface area contributed by atoms with Crippen molar-refractivity contribution in [3.63, 3.8) is 0 Å². The highest BCUT2D eigenvalue weighted by Gasteiger charge is 2.34. The van der Waals surface area contributed by atoms with E-state index in [2.05, 4.69) is 10.2 Å². The Bertz CT molecular complexity index is 1810. The molecule has 13 nitrogen and oxygen atoms in total. The molecule has 14 heteroatoms. The van der Waals surface area contributed by atoms with E-state index in [1.54, 1.807) is 24.3 Å². The average molecular weight is 565 g/mol. The molecule has 1 amide bonds. The van der Waals surface area contributed by atoms with Gasteiger partial charge in [0.05, 0.1) is 27.4 Å². The molecule has 4 rings (SSSR count). The number of carboxylic acids is 2. The van der Waals surface area contributed by atoms with Crippen molar-refractivity contribution in [2.45, 2.75) is 11.8 Å². The molecular weight excluding hydrogens is 544 g/mol. The van der Waals surface area contributed by atoms with Gasteiger partial charge in [0.1, 0.15) is 0 Å². The fourth-order valence-electron chi connectivity index (χ4n) is 3.67. The van der Waals surface area contributed by atoms with Crippen LogP contribution < -0.4 is 10.6 Å². The number of carboxylic acid groups (broad SMARTS) is 2. The van der Waals surface area contributed by atoms with E-state index in [-0.39, 0.29) is 22.5 Å². The second-order valence-electron chi connectivity index (χ2n) is 8.35. The molecule has 1 aromatic heterocycles. The topological polar surface area (TPSA) is 199 Å². The number of hydrazone groups is 1. The highest BCUT2D eigenvalue weighted by Crippen LogP contribution is 2.25. The van der Waals surface area contributed by atoms with Gasteiger partial charge in [0, 0.05) is 0 Å². The molecule has 2 heterocycles. The number of nitrogens with one attached hydrogen (secondary N) is 1. The normalized spacial score (nSPS) is 14.9. The molecule has 4 N–H and O–H groups in total. The summed E-state index contributed by atoms with van der Waals surface area (Å²) in [6.07, 6.45) is 6.44. The molecule has 0 saturated carbocycles. The molecule has 204 valence electrons. The van der Waals surface area contributed by atoms with Gasteiger partial charge in [0.25, 0.3) is 21.6 Å². The Balaban J connectivity index is 1.59. The number of anilines is 1. The molecular formula is C26H20N4O9S. The van der Waals surface area contributed by atoms with E-state index < -0.39 is 44.1 Å². The van der Waals surface area contributed by atoms with Gasteiger partial charge in [0.2, 0.25) is 0 Å². The molecule has 0 aliphatic carbocycles. The monoisotopic (exact) mass is 564 g/mol. The number of H-pyrrole nitrogens is 1. The van der Waals surface area contributed by atoms with E-state index in [1.807, 2.05) is 6.92 Å². The molecule has 0 spiro atoms. The second kappa shape index (κ2) is 10.8. The number of aliphatic carboxylic acids is 1. The third-order valence-corrected chi connectivity index (χ3v) is 6.51. The quantitative estimate of drug-likeness (QED) is 0.180. The smallest absolute Gasteiger partial charge is 0.357 e. The maximum atomic E-state index is 12.9. The summed E-state index contributed by atoms with van der Waals surface area (Å²) in [5.41, 5.74) is -0.479. The molecule has 0 radical (unpaired) electrons. The predicted molar refractivity (Wildman–Crippen MR) is 143 cm³/mol. The Labute approximate surface area is 226 Å². The number of benzene rings is 2. The minimum absolute atomic E-state index is 0.0574. The van der Waals surface area contributed by atoms with Crippen molar-refractivity contribution in [1.29, 1.82) is 0 Å². The van der Waals surface area contributed by atoms with Gasteiger partial charge in [-0.3, -0.25) is 19.2 Å². The highest BCUT2D eigenvalue weighted by atomic mass is 32.2. The van der Waals surface area contributed by atoms with E-state index in [1.165, 1.54) is 42.5 Å². The lowest BCUT2D eigenvalue weighted by Gasteiger charge is -2.11. The number of carbonyl (C=O) groups is 3. The van der Waals surface area contributed by atoms with Crippen LogP contribution in [0.2, 0.25) is 0 Å². The average Bonchev–Trinajstić information content (AvgIpc) is 3.41. The Morgan fingerprint density at radius 1 is 0.900 bits per heavy atom. The van der Waals surface area contributed by atoms with Crippen LogP contribution in [0, 0.1) is 6.92 Å². The summed E-state index contributed by atoms with van der Waals surface area (Å²) in [4.78, 5) is 48.7. The van der Waals surface area contributed by atoms with Crippen molar-refractivity contribution >= 4 is 45.4 Å². The summed E-state index contributed by atoms with van der Waals surface area (Å²) >= 11 is 0. The van der Waals surface area contributed by atoms with Gasteiger partial charge in [0.15, 0.2) is 11.4 Å². The maximum absolute atomic E-state index is 12.9. The van der Waals surface area contributed by atoms with E-state index in [4.69, 9.17) is 4.55 Å². The largest absolute Gasteiger partial charge is 0.477 e. The van der Waals surface area contributed by atoms with Crippen molar-refractivity contribution in [3.8, 4) is 5.69 Å². The van der Waals surface area contributed by atoms with Crippen LogP contribution in [0.5, 0.6) is 0 Å². The zero-order chi connectivity index (χ0) is 29.2. The van der Waals surface area contributed by atoms with E-state index in [0.29, 0.717) is 5.69 Å². The first-order valence-electron chi connectivity index (χ1n) is 11.3. The third-order valence-electron chi connectivity index (χ3n) is 5.64. The maximum Gasteiger partial charge on any atom is 0.357 e. The minimum Gasteiger partial charge on any atom is -0.477 e. The van der Waals surface area contributed by atoms with Crippen molar-refractivity contribution in [3.05, 3.63) is 106 Å². The number of carbonyl (C=O) groups excluding carboxylic acids is 1. The van der Waals surface area contributed by atoms with Gasteiger partial charge in [-0.15, -0.1) is 0 Å². The first kappa shape index (κ1) is 27.7. The summed E-state index contributed by atoms with van der Waals surface area (Å²) in [6, 6.07) is 11.2. The lowest BCUT2D eigenvalue weighted by atomic mass is 10.1. The molecule has 0 fully saturated rings. The second-order valence-corrected chi connectivity index (χ2v) is 9.77. The molecule has 0 saturated heterocycles. The molecule has 1 aliphatic heterocycles. The number of hydrogen-bond donors (Lipinski definition) is 4. The molecule has 0 unspecified atom stereocenters. The number of aromatic amines is 1. The summed E-state index contributed by atoms with van der Waals surface area (Å²) in [5.74, 6) is -3.65. The lowest BCUT2D eigenvalue weighted by Crippen LogP contribution is -2.22. The third kappa shape index (κ3) is 5.57. The number of aryl methyl sites for hydroxylation is 1. The number of allylic oxidation sites excluding steroid dienone is 4. The molecule has 2 aromatic carbocycles. The Morgan fingerprint density at radius 3 is 2.10 bits per heavy atom. The molecule has 3 aromatic rings. The zero-order valence-electron chi connectivity index (χ0n) is 20.5. The van der Waals surface area contributed by atoms with Crippen LogP contribution in [0.4, 0.5) is 5.69 Å². The molecule has 1 aliphatic rings.